The molecular formula is C37H40N2O7. The predicted octanol–water partition coefficient (Wildman–Crippen LogP) is 6.57. The van der Waals surface area contributed by atoms with Crippen molar-refractivity contribution in [2.45, 2.75) is 31.8 Å². The summed E-state index contributed by atoms with van der Waals surface area (Å²) in [6.45, 7) is 2.62. The van der Waals surface area contributed by atoms with E-state index in [1.165, 1.54) is 28.8 Å². The second-order valence-electron chi connectivity index (χ2n) is 11.9. The highest BCUT2D eigenvalue weighted by molar-refractivity contribution is 5.76. The molecular weight excluding hydrogens is 584 g/mol. The maximum atomic E-state index is 11.2. The van der Waals surface area contributed by atoms with E-state index < -0.39 is 0 Å². The molecule has 0 aromatic heterocycles. The number of ether oxygens (including phenoxy) is 5. The molecule has 4 aromatic rings. The summed E-state index contributed by atoms with van der Waals surface area (Å²) in [5.74, 6) is 3.96. The number of phenols is 1. The first-order valence-corrected chi connectivity index (χ1v) is 15.4. The second kappa shape index (κ2) is 13.3. The Morgan fingerprint density at radius 2 is 1.52 bits per heavy atom. The zero-order chi connectivity index (χ0) is 32.4. The third-order valence-electron chi connectivity index (χ3n) is 8.97. The molecule has 4 aromatic carbocycles. The van der Waals surface area contributed by atoms with Crippen LogP contribution >= 0.6 is 0 Å². The van der Waals surface area contributed by atoms with E-state index in [1.54, 1.807) is 27.4 Å². The number of carbonyl (C=O) groups is 1. The van der Waals surface area contributed by atoms with Crippen molar-refractivity contribution >= 4 is 6.29 Å². The van der Waals surface area contributed by atoms with Gasteiger partial charge >= 0.3 is 0 Å². The monoisotopic (exact) mass is 624 g/mol. The maximum Gasteiger partial charge on any atom is 0.204 e. The summed E-state index contributed by atoms with van der Waals surface area (Å²) in [6.07, 6.45) is 3.29. The number of hydrogen-bond acceptors (Lipinski definition) is 9. The van der Waals surface area contributed by atoms with E-state index >= 15 is 0 Å². The van der Waals surface area contributed by atoms with Crippen molar-refractivity contribution in [3.63, 3.8) is 0 Å². The molecule has 2 aliphatic heterocycles. The molecule has 9 heteroatoms. The third kappa shape index (κ3) is 6.21. The number of phenolic OH excluding ortho intramolecular Hbond substituents is 1. The van der Waals surface area contributed by atoms with E-state index in [0.717, 1.165) is 56.3 Å². The average molecular weight is 625 g/mol. The molecule has 0 radical (unpaired) electrons. The molecule has 1 atom stereocenters. The number of carbonyl (C=O) groups excluding carboxylic acids is 1. The Kier molecular flexibility index (Phi) is 9.05. The molecule has 6 rings (SSSR count). The quantitative estimate of drug-likeness (QED) is 0.197. The van der Waals surface area contributed by atoms with Gasteiger partial charge in [0.2, 0.25) is 5.75 Å². The van der Waals surface area contributed by atoms with Gasteiger partial charge in [0.05, 0.1) is 21.3 Å². The molecule has 0 amide bonds. The normalized spacial score (nSPS) is 16.2. The highest BCUT2D eigenvalue weighted by Gasteiger charge is 2.30. The van der Waals surface area contributed by atoms with E-state index in [4.69, 9.17) is 23.7 Å². The molecule has 240 valence electrons. The lowest BCUT2D eigenvalue weighted by atomic mass is 9.88. The van der Waals surface area contributed by atoms with Crippen LogP contribution in [0.3, 0.4) is 0 Å². The largest absolute Gasteiger partial charge is 0.504 e. The van der Waals surface area contributed by atoms with E-state index in [2.05, 4.69) is 42.1 Å². The van der Waals surface area contributed by atoms with Crippen molar-refractivity contribution in [1.29, 1.82) is 0 Å². The van der Waals surface area contributed by atoms with Crippen molar-refractivity contribution in [3.05, 3.63) is 94.0 Å². The molecule has 0 bridgehead atoms. The number of hydrogen-bond donors (Lipinski definition) is 1. The Hall–Kier alpha value is -4.73. The average Bonchev–Trinajstić information content (AvgIpc) is 3.07. The lowest BCUT2D eigenvalue weighted by Gasteiger charge is -2.35. The highest BCUT2D eigenvalue weighted by Crippen LogP contribution is 2.48. The number of likely N-dealkylation sites (N-methyl/N-ethyl adjacent to an activating group) is 2. The van der Waals surface area contributed by atoms with Crippen molar-refractivity contribution in [1.82, 2.24) is 9.80 Å². The third-order valence-corrected chi connectivity index (χ3v) is 8.97. The van der Waals surface area contributed by atoms with Crippen LogP contribution in [0.1, 0.15) is 44.2 Å². The van der Waals surface area contributed by atoms with E-state index in [1.807, 2.05) is 24.3 Å². The van der Waals surface area contributed by atoms with Gasteiger partial charge in [0, 0.05) is 36.8 Å². The highest BCUT2D eigenvalue weighted by atomic mass is 16.5. The Morgan fingerprint density at radius 3 is 2.24 bits per heavy atom. The predicted molar refractivity (Wildman–Crippen MR) is 175 cm³/mol. The molecule has 9 nitrogen and oxygen atoms in total. The number of rotatable bonds is 10. The fourth-order valence-electron chi connectivity index (χ4n) is 6.39. The second-order valence-corrected chi connectivity index (χ2v) is 11.9. The van der Waals surface area contributed by atoms with Crippen molar-refractivity contribution < 1.29 is 33.6 Å². The van der Waals surface area contributed by atoms with E-state index in [0.29, 0.717) is 40.1 Å². The number of methoxy groups -OCH3 is 3. The number of aldehydes is 1. The molecule has 0 fully saturated rings. The Balaban J connectivity index is 1.31. The van der Waals surface area contributed by atoms with Gasteiger partial charge in [-0.1, -0.05) is 12.1 Å². The summed E-state index contributed by atoms with van der Waals surface area (Å²) in [7, 11) is 9.22. The lowest BCUT2D eigenvalue weighted by molar-refractivity contribution is 0.112. The summed E-state index contributed by atoms with van der Waals surface area (Å²) in [4.78, 5) is 15.8. The van der Waals surface area contributed by atoms with Crippen molar-refractivity contribution in [3.8, 4) is 46.0 Å². The van der Waals surface area contributed by atoms with Crippen LogP contribution in [0.15, 0.2) is 60.7 Å². The first-order valence-electron chi connectivity index (χ1n) is 15.4. The number of nitrogens with zero attached hydrogens (tertiary/aromatic N) is 2. The van der Waals surface area contributed by atoms with Crippen LogP contribution in [0.4, 0.5) is 0 Å². The molecule has 2 aliphatic rings. The summed E-state index contributed by atoms with van der Waals surface area (Å²) in [5.41, 5.74) is 6.27. The summed E-state index contributed by atoms with van der Waals surface area (Å²) in [6, 6.07) is 18.7. The molecule has 2 heterocycles. The van der Waals surface area contributed by atoms with E-state index in [-0.39, 0.29) is 17.5 Å². The van der Waals surface area contributed by atoms with Gasteiger partial charge in [-0.3, -0.25) is 9.69 Å². The smallest absolute Gasteiger partial charge is 0.204 e. The molecule has 1 N–H and O–H groups in total. The topological polar surface area (TPSA) is 89.9 Å². The number of aromatic hydroxyl groups is 1. The molecule has 46 heavy (non-hydrogen) atoms. The molecule has 0 saturated heterocycles. The molecule has 0 spiro atoms. The summed E-state index contributed by atoms with van der Waals surface area (Å²) in [5, 5.41) is 10.2. The minimum atomic E-state index is -0.0253. The zero-order valence-electron chi connectivity index (χ0n) is 27.0. The van der Waals surface area contributed by atoms with Crippen LogP contribution < -0.4 is 23.7 Å². The first kappa shape index (κ1) is 31.3. The van der Waals surface area contributed by atoms with Gasteiger partial charge in [-0.15, -0.1) is 0 Å². The Labute approximate surface area is 269 Å². The summed E-state index contributed by atoms with van der Waals surface area (Å²) >= 11 is 0. The van der Waals surface area contributed by atoms with Crippen LogP contribution in [0, 0.1) is 0 Å². The van der Waals surface area contributed by atoms with Gasteiger partial charge in [-0.2, -0.15) is 0 Å². The van der Waals surface area contributed by atoms with Gasteiger partial charge < -0.3 is 33.7 Å². The first-order chi connectivity index (χ1) is 22.3. The van der Waals surface area contributed by atoms with Gasteiger partial charge in [0.15, 0.2) is 34.5 Å². The van der Waals surface area contributed by atoms with Gasteiger partial charge in [-0.25, -0.2) is 0 Å². The maximum absolute atomic E-state index is 11.2. The summed E-state index contributed by atoms with van der Waals surface area (Å²) < 4.78 is 30.1. The van der Waals surface area contributed by atoms with Gasteiger partial charge in [0.1, 0.15) is 12.0 Å². The number of fused-ring (bicyclic) bond motifs is 2. The minimum Gasteiger partial charge on any atom is -0.504 e. The lowest BCUT2D eigenvalue weighted by Crippen LogP contribution is -2.33. The fourth-order valence-corrected chi connectivity index (χ4v) is 6.39. The van der Waals surface area contributed by atoms with Crippen molar-refractivity contribution in [2.75, 3.05) is 48.5 Å². The molecule has 0 aliphatic carbocycles. The van der Waals surface area contributed by atoms with Gasteiger partial charge in [-0.05, 0) is 104 Å². The standard InChI is InChI=1S/C37H40N2O7/c1-38-14-12-26-19-35(43-4)37(44-5)36(29(26)21-38)46-34-20-28-25(18-33(34)42-3)13-15-39(2)30(28)16-23-6-9-27(10-7-23)45-32-17-24(22-40)8-11-31(32)41/h6-11,17-20,22,30,41H,12-16,21H2,1-5H3/t30-/m0/s1. The van der Waals surface area contributed by atoms with Crippen molar-refractivity contribution in [2.24, 2.45) is 0 Å². The Bertz CT molecular complexity index is 1740. The van der Waals surface area contributed by atoms with E-state index in [9.17, 15) is 9.90 Å². The molecule has 0 unspecified atom stereocenters. The van der Waals surface area contributed by atoms with Crippen LogP contribution in [-0.4, -0.2) is 69.7 Å². The fraction of sp³-hybridized carbons (Fsp3) is 0.324. The van der Waals surface area contributed by atoms with Crippen LogP contribution in [0.2, 0.25) is 0 Å². The van der Waals surface area contributed by atoms with Crippen LogP contribution in [0.25, 0.3) is 0 Å². The minimum absolute atomic E-state index is 0.0253. The molecule has 0 saturated carbocycles. The van der Waals surface area contributed by atoms with Crippen LogP contribution in [-0.2, 0) is 25.8 Å². The van der Waals surface area contributed by atoms with Crippen LogP contribution in [0.5, 0.6) is 46.0 Å². The number of benzene rings is 4. The SMILES string of the molecule is COc1cc2c(cc1Oc1c3c(cc(OC)c1OC)CCN(C)C3)[C@H](Cc1ccc(Oc3cc(C=O)ccc3O)cc1)N(C)CC2. The Morgan fingerprint density at radius 1 is 0.783 bits per heavy atom. The van der Waals surface area contributed by atoms with Gasteiger partial charge in [0.25, 0.3) is 0 Å². The zero-order valence-corrected chi connectivity index (χ0v) is 27.0.